The van der Waals surface area contributed by atoms with Gasteiger partial charge < -0.3 is 19.7 Å². The molecule has 0 unspecified atom stereocenters. The van der Waals surface area contributed by atoms with Gasteiger partial charge in [0.1, 0.15) is 22.2 Å². The third-order valence-corrected chi connectivity index (χ3v) is 4.89. The number of para-hydroxylation sites is 1. The van der Waals surface area contributed by atoms with E-state index in [0.717, 1.165) is 11.8 Å². The van der Waals surface area contributed by atoms with E-state index in [2.05, 4.69) is 4.99 Å². The van der Waals surface area contributed by atoms with Crippen molar-refractivity contribution < 1.29 is 28.9 Å². The molecule has 1 aliphatic heterocycles. The number of halogens is 1. The van der Waals surface area contributed by atoms with Crippen LogP contribution in [0, 0.1) is 5.82 Å². The van der Waals surface area contributed by atoms with Gasteiger partial charge in [-0.1, -0.05) is 23.9 Å². The van der Waals surface area contributed by atoms with Gasteiger partial charge in [-0.15, -0.1) is 0 Å². The fraction of sp³-hybridized carbons (Fsp3) is 0.100. The minimum Gasteiger partial charge on any atom is -0.506 e. The van der Waals surface area contributed by atoms with E-state index in [1.54, 1.807) is 18.2 Å². The molecule has 0 amide bonds. The summed E-state index contributed by atoms with van der Waals surface area (Å²) in [6, 6.07) is 10.3. The van der Waals surface area contributed by atoms with E-state index >= 15 is 0 Å². The van der Waals surface area contributed by atoms with Gasteiger partial charge in [-0.3, -0.25) is 0 Å². The second kappa shape index (κ2) is 8.18. The average Bonchev–Trinajstić information content (AvgIpc) is 2.99. The van der Waals surface area contributed by atoms with Crippen LogP contribution in [0.1, 0.15) is 5.56 Å². The Labute approximate surface area is 164 Å². The van der Waals surface area contributed by atoms with Gasteiger partial charge in [0.05, 0.1) is 24.8 Å². The zero-order valence-electron chi connectivity index (χ0n) is 15.0. The highest BCUT2D eigenvalue weighted by molar-refractivity contribution is 8.18. The quantitative estimate of drug-likeness (QED) is 0.741. The number of aromatic hydroxyl groups is 1. The summed E-state index contributed by atoms with van der Waals surface area (Å²) in [6.07, 6.45) is 1.51. The monoisotopic (exact) mass is 401 g/mol. The number of aliphatic hydroxyl groups excluding tert-OH is 1. The third kappa shape index (κ3) is 3.86. The number of ether oxygens (including phenoxy) is 2. The largest absolute Gasteiger partial charge is 0.506 e. The Kier molecular flexibility index (Phi) is 5.70. The van der Waals surface area contributed by atoms with Crippen LogP contribution in [0.15, 0.2) is 63.7 Å². The number of phenolic OH excluding ortho intramolecular Hbond substituents is 1. The second-order valence-electron chi connectivity index (χ2n) is 5.62. The number of aliphatic imine (C=N–C) groups is 1. The van der Waals surface area contributed by atoms with E-state index < -0.39 is 11.8 Å². The van der Waals surface area contributed by atoms with E-state index in [-0.39, 0.29) is 27.9 Å². The van der Waals surface area contributed by atoms with Crippen molar-refractivity contribution in [1.29, 1.82) is 0 Å². The molecule has 1 aliphatic rings. The molecule has 2 aromatic rings. The first-order valence-electron chi connectivity index (χ1n) is 8.06. The molecule has 28 heavy (non-hydrogen) atoms. The number of phenols is 1. The SMILES string of the molecule is COC(=O)C1=C(O)C(=Cc2cccc(OC)c2O)SC1=Nc1ccc(F)cc1. The number of aliphatic hydroxyl groups is 1. The maximum atomic E-state index is 13.1. The maximum absolute atomic E-state index is 13.1. The van der Waals surface area contributed by atoms with Crippen LogP contribution < -0.4 is 4.74 Å². The van der Waals surface area contributed by atoms with Gasteiger partial charge in [-0.25, -0.2) is 14.2 Å². The van der Waals surface area contributed by atoms with Gasteiger partial charge >= 0.3 is 5.97 Å². The Morgan fingerprint density at radius 3 is 2.50 bits per heavy atom. The Bertz CT molecular complexity index is 1010. The number of methoxy groups -OCH3 is 2. The van der Waals surface area contributed by atoms with Crippen LogP contribution in [0.5, 0.6) is 11.5 Å². The molecule has 144 valence electrons. The van der Waals surface area contributed by atoms with Gasteiger partial charge in [0, 0.05) is 5.56 Å². The van der Waals surface area contributed by atoms with Crippen LogP contribution in [0.2, 0.25) is 0 Å². The molecule has 0 aromatic heterocycles. The normalized spacial score (nSPS) is 16.7. The zero-order chi connectivity index (χ0) is 20.3. The number of hydrogen-bond donors (Lipinski definition) is 2. The summed E-state index contributed by atoms with van der Waals surface area (Å²) in [7, 11) is 2.62. The van der Waals surface area contributed by atoms with Crippen LogP contribution in [-0.2, 0) is 9.53 Å². The standard InChI is InChI=1S/C20H16FNO5S/c1-26-14-5-3-4-11(17(14)23)10-15-18(24)16(20(25)27-2)19(28-15)22-13-8-6-12(21)7-9-13/h3-10,23-24H,1-2H3. The molecule has 0 saturated carbocycles. The summed E-state index contributed by atoms with van der Waals surface area (Å²) in [5.74, 6) is -1.32. The molecular weight excluding hydrogens is 385 g/mol. The molecule has 2 aromatic carbocycles. The van der Waals surface area contributed by atoms with Crippen molar-refractivity contribution in [2.24, 2.45) is 4.99 Å². The Hall–Kier alpha value is -3.26. The molecule has 2 N–H and O–H groups in total. The van der Waals surface area contributed by atoms with Crippen molar-refractivity contribution in [3.63, 3.8) is 0 Å². The van der Waals surface area contributed by atoms with Crippen LogP contribution in [0.3, 0.4) is 0 Å². The topological polar surface area (TPSA) is 88.4 Å². The molecule has 0 aliphatic carbocycles. The molecule has 0 spiro atoms. The van der Waals surface area contributed by atoms with Crippen molar-refractivity contribution in [2.75, 3.05) is 14.2 Å². The lowest BCUT2D eigenvalue weighted by Gasteiger charge is -2.06. The summed E-state index contributed by atoms with van der Waals surface area (Å²) in [5.41, 5.74) is 0.690. The number of hydrogen-bond acceptors (Lipinski definition) is 7. The molecular formula is C20H16FNO5S. The number of esters is 1. The Morgan fingerprint density at radius 1 is 1.14 bits per heavy atom. The molecule has 0 fully saturated rings. The van der Waals surface area contributed by atoms with E-state index in [0.29, 0.717) is 16.2 Å². The number of nitrogens with zero attached hydrogens (tertiary/aromatic N) is 1. The van der Waals surface area contributed by atoms with E-state index in [4.69, 9.17) is 9.47 Å². The summed E-state index contributed by atoms with van der Waals surface area (Å²) >= 11 is 1.03. The Balaban J connectivity index is 2.06. The molecule has 6 nitrogen and oxygen atoms in total. The van der Waals surface area contributed by atoms with Gasteiger partial charge in [0.25, 0.3) is 0 Å². The highest BCUT2D eigenvalue weighted by Gasteiger charge is 2.33. The van der Waals surface area contributed by atoms with Gasteiger partial charge in [0.15, 0.2) is 11.5 Å². The highest BCUT2D eigenvalue weighted by atomic mass is 32.2. The molecule has 1 heterocycles. The van der Waals surface area contributed by atoms with E-state index in [9.17, 15) is 19.4 Å². The molecule has 0 atom stereocenters. The van der Waals surface area contributed by atoms with Crippen molar-refractivity contribution >= 4 is 34.5 Å². The molecule has 8 heteroatoms. The number of benzene rings is 2. The molecule has 0 radical (unpaired) electrons. The predicted octanol–water partition coefficient (Wildman–Crippen LogP) is 4.34. The minimum atomic E-state index is -0.760. The van der Waals surface area contributed by atoms with E-state index in [1.807, 2.05) is 0 Å². The van der Waals surface area contributed by atoms with Gasteiger partial charge in [-0.05, 0) is 36.4 Å². The number of carbonyl (C=O) groups excluding carboxylic acids is 1. The average molecular weight is 401 g/mol. The lowest BCUT2D eigenvalue weighted by molar-refractivity contribution is -0.135. The van der Waals surface area contributed by atoms with Crippen molar-refractivity contribution in [2.45, 2.75) is 0 Å². The summed E-state index contributed by atoms with van der Waals surface area (Å²) < 4.78 is 22.9. The first-order valence-corrected chi connectivity index (χ1v) is 8.88. The highest BCUT2D eigenvalue weighted by Crippen LogP contribution is 2.42. The first-order chi connectivity index (χ1) is 13.4. The maximum Gasteiger partial charge on any atom is 0.344 e. The fourth-order valence-electron chi connectivity index (χ4n) is 2.49. The first kappa shape index (κ1) is 19.5. The smallest absolute Gasteiger partial charge is 0.344 e. The lowest BCUT2D eigenvalue weighted by Crippen LogP contribution is -2.10. The second-order valence-corrected chi connectivity index (χ2v) is 6.65. The van der Waals surface area contributed by atoms with Crippen LogP contribution >= 0.6 is 11.8 Å². The van der Waals surface area contributed by atoms with Gasteiger partial charge in [-0.2, -0.15) is 0 Å². The fourth-order valence-corrected chi connectivity index (χ4v) is 3.51. The Morgan fingerprint density at radius 2 is 1.86 bits per heavy atom. The summed E-state index contributed by atoms with van der Waals surface area (Å²) in [4.78, 5) is 16.8. The molecule has 3 rings (SSSR count). The van der Waals surface area contributed by atoms with Crippen molar-refractivity contribution in [3.8, 4) is 11.5 Å². The van der Waals surface area contributed by atoms with Crippen molar-refractivity contribution in [3.05, 3.63) is 70.1 Å². The molecule has 0 saturated heterocycles. The van der Waals surface area contributed by atoms with Crippen LogP contribution in [-0.4, -0.2) is 35.4 Å². The van der Waals surface area contributed by atoms with Gasteiger partial charge in [0.2, 0.25) is 0 Å². The minimum absolute atomic E-state index is 0.102. The number of carbonyl (C=O) groups is 1. The molecule has 0 bridgehead atoms. The van der Waals surface area contributed by atoms with Crippen LogP contribution in [0.25, 0.3) is 6.08 Å². The third-order valence-electron chi connectivity index (χ3n) is 3.87. The summed E-state index contributed by atoms with van der Waals surface area (Å²) in [5, 5.41) is 21.0. The predicted molar refractivity (Wildman–Crippen MR) is 105 cm³/mol. The number of rotatable bonds is 4. The number of thioether (sulfide) groups is 1. The van der Waals surface area contributed by atoms with Crippen LogP contribution in [0.4, 0.5) is 10.1 Å². The summed E-state index contributed by atoms with van der Waals surface area (Å²) in [6.45, 7) is 0. The van der Waals surface area contributed by atoms with E-state index in [1.165, 1.54) is 44.6 Å². The lowest BCUT2D eigenvalue weighted by atomic mass is 10.1. The zero-order valence-corrected chi connectivity index (χ0v) is 15.8. The van der Waals surface area contributed by atoms with Crippen molar-refractivity contribution in [1.82, 2.24) is 0 Å².